The Hall–Kier alpha value is -1.07. The molecule has 2 aliphatic heterocycles. The Morgan fingerprint density at radius 2 is 1.67 bits per heavy atom. The molecule has 2 fully saturated rings. The van der Waals surface area contributed by atoms with E-state index in [1.54, 1.807) is 28.5 Å². The lowest BCUT2D eigenvalue weighted by molar-refractivity contribution is -0.122. The molecule has 0 spiro atoms. The first-order valence-electron chi connectivity index (χ1n) is 10.4. The molecule has 8 nitrogen and oxygen atoms in total. The molecule has 2 aliphatic rings. The average Bonchev–Trinajstić information content (AvgIpc) is 3.24. The van der Waals surface area contributed by atoms with Gasteiger partial charge in [0.15, 0.2) is 0 Å². The summed E-state index contributed by atoms with van der Waals surface area (Å²) in [6.07, 6.45) is 4.28. The summed E-state index contributed by atoms with van der Waals surface area (Å²) in [5.41, 5.74) is 0. The fourth-order valence-corrected chi connectivity index (χ4v) is 6.92. The predicted octanol–water partition coefficient (Wildman–Crippen LogP) is 1.70. The van der Waals surface area contributed by atoms with Gasteiger partial charge in [-0.2, -0.15) is 11.8 Å². The van der Waals surface area contributed by atoms with Gasteiger partial charge in [0, 0.05) is 54.9 Å². The number of Topliss-reactive ketones (excluding diaryl/α,β-unsaturated/α-hetero) is 1. The van der Waals surface area contributed by atoms with Crippen LogP contribution in [0.25, 0.3) is 0 Å². The molecule has 2 saturated heterocycles. The first-order valence-corrected chi connectivity index (χ1v) is 13.9. The smallest absolute Gasteiger partial charge is 0.315 e. The van der Waals surface area contributed by atoms with Crippen molar-refractivity contribution in [2.75, 3.05) is 30.3 Å². The van der Waals surface area contributed by atoms with Crippen LogP contribution in [0.4, 0.5) is 4.79 Å². The fourth-order valence-electron chi connectivity index (χ4n) is 3.29. The summed E-state index contributed by atoms with van der Waals surface area (Å²) in [6.45, 7) is 2.45. The van der Waals surface area contributed by atoms with Gasteiger partial charge >= 0.3 is 6.03 Å². The van der Waals surface area contributed by atoms with Crippen LogP contribution in [-0.4, -0.2) is 71.3 Å². The van der Waals surface area contributed by atoms with Crippen LogP contribution in [0.2, 0.25) is 0 Å². The van der Waals surface area contributed by atoms with Gasteiger partial charge in [-0.3, -0.25) is 14.4 Å². The number of carbonyl (C=O) groups is 4. The molecule has 11 heteroatoms. The SMILES string of the molecule is CC(=O)CCSSCCC(=O)NCCNC(=O)CCCC[C@@H]1SCC2NC(=O)NC21. The van der Waals surface area contributed by atoms with Crippen LogP contribution in [0.15, 0.2) is 0 Å². The van der Waals surface area contributed by atoms with E-state index in [1.807, 2.05) is 11.8 Å². The third-order valence-corrected chi connectivity index (χ3v) is 8.80. The van der Waals surface area contributed by atoms with Crippen molar-refractivity contribution in [3.8, 4) is 0 Å². The highest BCUT2D eigenvalue weighted by Crippen LogP contribution is 2.33. The molecule has 170 valence electrons. The number of ketones is 1. The molecule has 2 heterocycles. The second-order valence-electron chi connectivity index (χ2n) is 7.41. The molecule has 0 radical (unpaired) electrons. The number of urea groups is 1. The van der Waals surface area contributed by atoms with E-state index in [0.29, 0.717) is 43.4 Å². The Kier molecular flexibility index (Phi) is 11.8. The van der Waals surface area contributed by atoms with Gasteiger partial charge < -0.3 is 21.3 Å². The largest absolute Gasteiger partial charge is 0.354 e. The monoisotopic (exact) mass is 476 g/mol. The zero-order chi connectivity index (χ0) is 21.8. The standard InChI is InChI=1S/C19H32N4O4S3/c1-13(24)6-10-29-30-11-7-17(26)21-9-8-20-16(25)5-3-2-4-15-18-14(12-28-15)22-19(27)23-18/h14-15,18H,2-12H2,1H3,(H,20,25)(H,21,26)(H2,22,23,27)/t14?,15-,18?/m0/s1. The molecule has 0 aromatic heterocycles. The third kappa shape index (κ3) is 9.82. The van der Waals surface area contributed by atoms with Crippen molar-refractivity contribution in [2.24, 2.45) is 0 Å². The third-order valence-electron chi connectivity index (χ3n) is 4.88. The van der Waals surface area contributed by atoms with E-state index in [9.17, 15) is 19.2 Å². The van der Waals surface area contributed by atoms with Crippen molar-refractivity contribution in [1.82, 2.24) is 21.3 Å². The number of nitrogens with one attached hydrogen (secondary N) is 4. The summed E-state index contributed by atoms with van der Waals surface area (Å²) >= 11 is 1.89. The summed E-state index contributed by atoms with van der Waals surface area (Å²) in [6, 6.07) is 0.400. The molecule has 3 atom stereocenters. The van der Waals surface area contributed by atoms with Crippen molar-refractivity contribution in [2.45, 2.75) is 62.8 Å². The highest BCUT2D eigenvalue weighted by Gasteiger charge is 2.42. The van der Waals surface area contributed by atoms with E-state index < -0.39 is 0 Å². The van der Waals surface area contributed by atoms with Gasteiger partial charge in [-0.05, 0) is 19.8 Å². The molecule has 0 aromatic rings. The predicted molar refractivity (Wildman–Crippen MR) is 125 cm³/mol. The second-order valence-corrected chi connectivity index (χ2v) is 11.4. The van der Waals surface area contributed by atoms with Gasteiger partial charge in [-0.1, -0.05) is 28.0 Å². The summed E-state index contributed by atoms with van der Waals surface area (Å²) in [4.78, 5) is 45.8. The minimum absolute atomic E-state index is 0.00876. The number of carbonyl (C=O) groups excluding carboxylic acids is 4. The quantitative estimate of drug-likeness (QED) is 0.161. The number of amides is 4. The Morgan fingerprint density at radius 3 is 2.37 bits per heavy atom. The number of unbranched alkanes of at least 4 members (excludes halogenated alkanes) is 1. The Bertz CT molecular complexity index is 608. The average molecular weight is 477 g/mol. The van der Waals surface area contributed by atoms with E-state index in [1.165, 1.54) is 0 Å². The van der Waals surface area contributed by atoms with Crippen molar-refractivity contribution >= 4 is 57.0 Å². The Balaban J connectivity index is 1.39. The minimum Gasteiger partial charge on any atom is -0.354 e. The number of hydrogen-bond acceptors (Lipinski definition) is 7. The molecule has 30 heavy (non-hydrogen) atoms. The van der Waals surface area contributed by atoms with Gasteiger partial charge in [0.2, 0.25) is 11.8 Å². The van der Waals surface area contributed by atoms with Crippen molar-refractivity contribution in [1.29, 1.82) is 0 Å². The van der Waals surface area contributed by atoms with Crippen LogP contribution in [0.5, 0.6) is 0 Å². The van der Waals surface area contributed by atoms with Gasteiger partial charge in [-0.25, -0.2) is 4.79 Å². The van der Waals surface area contributed by atoms with Crippen LogP contribution in [0.3, 0.4) is 0 Å². The molecule has 4 N–H and O–H groups in total. The Labute approximate surface area is 190 Å². The maximum absolute atomic E-state index is 11.9. The van der Waals surface area contributed by atoms with Crippen molar-refractivity contribution in [3.63, 3.8) is 0 Å². The summed E-state index contributed by atoms with van der Waals surface area (Å²) in [7, 11) is 3.22. The summed E-state index contributed by atoms with van der Waals surface area (Å²) < 4.78 is 0. The van der Waals surface area contributed by atoms with Crippen LogP contribution in [-0.2, 0) is 14.4 Å². The first kappa shape index (κ1) is 25.2. The fraction of sp³-hybridized carbons (Fsp3) is 0.789. The lowest BCUT2D eigenvalue weighted by Crippen LogP contribution is -2.36. The number of rotatable bonds is 15. The van der Waals surface area contributed by atoms with E-state index >= 15 is 0 Å². The molecule has 2 rings (SSSR count). The van der Waals surface area contributed by atoms with Gasteiger partial charge in [0.25, 0.3) is 0 Å². The molecule has 0 saturated carbocycles. The van der Waals surface area contributed by atoms with E-state index in [4.69, 9.17) is 0 Å². The zero-order valence-corrected chi connectivity index (χ0v) is 19.8. The van der Waals surface area contributed by atoms with Crippen LogP contribution >= 0.6 is 33.3 Å². The van der Waals surface area contributed by atoms with Crippen LogP contribution in [0, 0.1) is 0 Å². The van der Waals surface area contributed by atoms with E-state index in [-0.39, 0.29) is 35.7 Å². The summed E-state index contributed by atoms with van der Waals surface area (Å²) in [5.74, 6) is 2.62. The van der Waals surface area contributed by atoms with E-state index in [2.05, 4.69) is 21.3 Å². The van der Waals surface area contributed by atoms with Crippen LogP contribution < -0.4 is 21.3 Å². The lowest BCUT2D eigenvalue weighted by Gasteiger charge is -2.16. The summed E-state index contributed by atoms with van der Waals surface area (Å²) in [5, 5.41) is 12.0. The van der Waals surface area contributed by atoms with Crippen molar-refractivity contribution in [3.05, 3.63) is 0 Å². The first-order chi connectivity index (χ1) is 14.5. The highest BCUT2D eigenvalue weighted by molar-refractivity contribution is 8.76. The Morgan fingerprint density at radius 1 is 1.00 bits per heavy atom. The van der Waals surface area contributed by atoms with Gasteiger partial charge in [-0.15, -0.1) is 0 Å². The zero-order valence-electron chi connectivity index (χ0n) is 17.4. The molecule has 2 unspecified atom stereocenters. The molecule has 0 aromatic carbocycles. The maximum Gasteiger partial charge on any atom is 0.315 e. The minimum atomic E-state index is -0.0657. The molecule has 4 amide bonds. The van der Waals surface area contributed by atoms with E-state index in [0.717, 1.165) is 30.8 Å². The van der Waals surface area contributed by atoms with Crippen molar-refractivity contribution < 1.29 is 19.2 Å². The lowest BCUT2D eigenvalue weighted by atomic mass is 10.0. The molecular weight excluding hydrogens is 444 g/mol. The normalized spacial score (nSPS) is 22.2. The number of fused-ring (bicyclic) bond motifs is 1. The molecular formula is C19H32N4O4S3. The van der Waals surface area contributed by atoms with Gasteiger partial charge in [0.1, 0.15) is 5.78 Å². The number of hydrogen-bond donors (Lipinski definition) is 4. The maximum atomic E-state index is 11.9. The topological polar surface area (TPSA) is 116 Å². The number of thioether (sulfide) groups is 1. The molecule has 0 bridgehead atoms. The second kappa shape index (κ2) is 14.1. The highest BCUT2D eigenvalue weighted by atomic mass is 33.1. The van der Waals surface area contributed by atoms with Crippen LogP contribution in [0.1, 0.15) is 45.4 Å². The molecule has 0 aliphatic carbocycles. The van der Waals surface area contributed by atoms with Gasteiger partial charge in [0.05, 0.1) is 12.1 Å².